The SMILES string of the molecule is Cc1cccc(C=N[C@H](C)C(C)(C)C)n1. The van der Waals surface area contributed by atoms with Crippen molar-refractivity contribution in [3.63, 3.8) is 0 Å². The van der Waals surface area contributed by atoms with Gasteiger partial charge in [-0.2, -0.15) is 0 Å². The predicted octanol–water partition coefficient (Wildman–Crippen LogP) is 3.24. The van der Waals surface area contributed by atoms with Crippen LogP contribution in [0.5, 0.6) is 0 Å². The van der Waals surface area contributed by atoms with Crippen molar-refractivity contribution in [3.8, 4) is 0 Å². The van der Waals surface area contributed by atoms with E-state index < -0.39 is 0 Å². The number of hydrogen-bond donors (Lipinski definition) is 0. The number of nitrogens with zero attached hydrogens (tertiary/aromatic N) is 2. The third-order valence-electron chi connectivity index (χ3n) is 2.59. The van der Waals surface area contributed by atoms with Crippen molar-refractivity contribution < 1.29 is 0 Å². The predicted molar refractivity (Wildman–Crippen MR) is 65.5 cm³/mol. The smallest absolute Gasteiger partial charge is 0.0811 e. The van der Waals surface area contributed by atoms with Crippen LogP contribution in [0.25, 0.3) is 0 Å². The molecule has 0 aliphatic carbocycles. The Hall–Kier alpha value is -1.18. The van der Waals surface area contributed by atoms with Gasteiger partial charge < -0.3 is 0 Å². The Labute approximate surface area is 92.5 Å². The number of hydrogen-bond acceptors (Lipinski definition) is 2. The molecular formula is C13H20N2. The maximum absolute atomic E-state index is 4.52. The van der Waals surface area contributed by atoms with Crippen molar-refractivity contribution in [2.75, 3.05) is 0 Å². The van der Waals surface area contributed by atoms with Crippen LogP contribution in [-0.4, -0.2) is 17.2 Å². The summed E-state index contributed by atoms with van der Waals surface area (Å²) >= 11 is 0. The molecule has 0 bridgehead atoms. The zero-order chi connectivity index (χ0) is 11.5. The van der Waals surface area contributed by atoms with E-state index in [0.29, 0.717) is 6.04 Å². The lowest BCUT2D eigenvalue weighted by molar-refractivity contribution is 0.342. The number of aromatic nitrogens is 1. The number of aliphatic imine (C=N–C) groups is 1. The van der Waals surface area contributed by atoms with E-state index in [0.717, 1.165) is 11.4 Å². The summed E-state index contributed by atoms with van der Waals surface area (Å²) in [6, 6.07) is 6.28. The van der Waals surface area contributed by atoms with E-state index >= 15 is 0 Å². The largest absolute Gasteiger partial charge is 0.287 e. The third kappa shape index (κ3) is 3.82. The first-order chi connectivity index (χ1) is 6.89. The summed E-state index contributed by atoms with van der Waals surface area (Å²) in [6.45, 7) is 10.7. The van der Waals surface area contributed by atoms with Gasteiger partial charge in [-0.25, -0.2) is 0 Å². The van der Waals surface area contributed by atoms with Crippen LogP contribution in [0.15, 0.2) is 23.2 Å². The topological polar surface area (TPSA) is 25.2 Å². The molecule has 0 fully saturated rings. The lowest BCUT2D eigenvalue weighted by Gasteiger charge is -2.23. The van der Waals surface area contributed by atoms with Crippen LogP contribution in [0.3, 0.4) is 0 Å². The molecule has 0 N–H and O–H groups in total. The Morgan fingerprint density at radius 2 is 2.00 bits per heavy atom. The molecule has 1 heterocycles. The van der Waals surface area contributed by atoms with E-state index in [4.69, 9.17) is 0 Å². The second kappa shape index (κ2) is 4.56. The summed E-state index contributed by atoms with van der Waals surface area (Å²) in [7, 11) is 0. The summed E-state index contributed by atoms with van der Waals surface area (Å²) in [5.41, 5.74) is 2.17. The first-order valence-corrected chi connectivity index (χ1v) is 5.36. The van der Waals surface area contributed by atoms with Crippen LogP contribution in [0, 0.1) is 12.3 Å². The average Bonchev–Trinajstić information content (AvgIpc) is 2.12. The number of rotatable bonds is 2. The molecule has 0 aliphatic rings. The maximum atomic E-state index is 4.52. The Morgan fingerprint density at radius 3 is 2.53 bits per heavy atom. The van der Waals surface area contributed by atoms with Gasteiger partial charge in [-0.15, -0.1) is 0 Å². The van der Waals surface area contributed by atoms with Crippen molar-refractivity contribution in [2.45, 2.75) is 40.7 Å². The van der Waals surface area contributed by atoms with Gasteiger partial charge in [-0.3, -0.25) is 9.98 Å². The van der Waals surface area contributed by atoms with Crippen LogP contribution >= 0.6 is 0 Å². The van der Waals surface area contributed by atoms with E-state index in [2.05, 4.69) is 37.7 Å². The van der Waals surface area contributed by atoms with Crippen LogP contribution < -0.4 is 0 Å². The molecule has 2 nitrogen and oxygen atoms in total. The number of pyridine rings is 1. The minimum Gasteiger partial charge on any atom is -0.287 e. The Kier molecular flexibility index (Phi) is 3.61. The standard InChI is InChI=1S/C13H20N2/c1-10-7-6-8-12(15-10)9-14-11(2)13(3,4)5/h6-9,11H,1-5H3/t11-/m1/s1. The molecule has 15 heavy (non-hydrogen) atoms. The molecule has 2 heteroatoms. The molecular weight excluding hydrogens is 184 g/mol. The average molecular weight is 204 g/mol. The van der Waals surface area contributed by atoms with Gasteiger partial charge in [0.1, 0.15) is 0 Å². The second-order valence-electron chi connectivity index (χ2n) is 5.02. The van der Waals surface area contributed by atoms with Crippen LogP contribution in [0.4, 0.5) is 0 Å². The Balaban J connectivity index is 2.74. The minimum atomic E-state index is 0.209. The van der Waals surface area contributed by atoms with Gasteiger partial charge in [-0.1, -0.05) is 26.8 Å². The van der Waals surface area contributed by atoms with E-state index in [1.54, 1.807) is 0 Å². The molecule has 0 spiro atoms. The van der Waals surface area contributed by atoms with Crippen LogP contribution in [0.1, 0.15) is 39.1 Å². The Bertz CT molecular complexity index is 348. The van der Waals surface area contributed by atoms with Gasteiger partial charge >= 0.3 is 0 Å². The highest BCUT2D eigenvalue weighted by Crippen LogP contribution is 2.21. The fraction of sp³-hybridized carbons (Fsp3) is 0.538. The minimum absolute atomic E-state index is 0.209. The quantitative estimate of drug-likeness (QED) is 0.679. The second-order valence-corrected chi connectivity index (χ2v) is 5.02. The fourth-order valence-corrected chi connectivity index (χ4v) is 1.05. The van der Waals surface area contributed by atoms with E-state index in [1.165, 1.54) is 0 Å². The molecule has 1 aromatic heterocycles. The molecule has 0 aromatic carbocycles. The van der Waals surface area contributed by atoms with Gasteiger partial charge in [0, 0.05) is 11.9 Å². The summed E-state index contributed by atoms with van der Waals surface area (Å²) in [5, 5.41) is 0. The van der Waals surface area contributed by atoms with Crippen molar-refractivity contribution in [2.24, 2.45) is 10.4 Å². The van der Waals surface area contributed by atoms with Crippen molar-refractivity contribution in [1.82, 2.24) is 4.98 Å². The molecule has 1 aromatic rings. The molecule has 82 valence electrons. The first-order valence-electron chi connectivity index (χ1n) is 5.36. The molecule has 0 radical (unpaired) electrons. The van der Waals surface area contributed by atoms with Crippen LogP contribution in [0.2, 0.25) is 0 Å². The molecule has 1 atom stereocenters. The highest BCUT2D eigenvalue weighted by Gasteiger charge is 2.18. The normalized spacial score (nSPS) is 14.5. The number of aryl methyl sites for hydroxylation is 1. The van der Waals surface area contributed by atoms with Crippen molar-refractivity contribution in [1.29, 1.82) is 0 Å². The highest BCUT2D eigenvalue weighted by atomic mass is 14.8. The molecule has 1 rings (SSSR count). The lowest BCUT2D eigenvalue weighted by atomic mass is 9.88. The van der Waals surface area contributed by atoms with E-state index in [9.17, 15) is 0 Å². The highest BCUT2D eigenvalue weighted by molar-refractivity contribution is 5.77. The van der Waals surface area contributed by atoms with Gasteiger partial charge in [0.15, 0.2) is 0 Å². The lowest BCUT2D eigenvalue weighted by Crippen LogP contribution is -2.21. The van der Waals surface area contributed by atoms with Gasteiger partial charge in [0.05, 0.1) is 11.7 Å². The monoisotopic (exact) mass is 204 g/mol. The Morgan fingerprint density at radius 1 is 1.33 bits per heavy atom. The van der Waals surface area contributed by atoms with E-state index in [-0.39, 0.29) is 5.41 Å². The summed E-state index contributed by atoms with van der Waals surface area (Å²) in [5.74, 6) is 0. The van der Waals surface area contributed by atoms with Gasteiger partial charge in [-0.05, 0) is 31.4 Å². The van der Waals surface area contributed by atoms with Crippen LogP contribution in [-0.2, 0) is 0 Å². The molecule has 0 aliphatic heterocycles. The molecule has 0 amide bonds. The molecule has 0 unspecified atom stereocenters. The molecule has 0 saturated heterocycles. The summed E-state index contributed by atoms with van der Waals surface area (Å²) in [6.07, 6.45) is 1.86. The summed E-state index contributed by atoms with van der Waals surface area (Å²) in [4.78, 5) is 8.90. The maximum Gasteiger partial charge on any atom is 0.0811 e. The van der Waals surface area contributed by atoms with Crippen molar-refractivity contribution >= 4 is 6.21 Å². The van der Waals surface area contributed by atoms with Crippen molar-refractivity contribution in [3.05, 3.63) is 29.6 Å². The zero-order valence-corrected chi connectivity index (χ0v) is 10.3. The van der Waals surface area contributed by atoms with Gasteiger partial charge in [0.2, 0.25) is 0 Å². The third-order valence-corrected chi connectivity index (χ3v) is 2.59. The fourth-order valence-electron chi connectivity index (χ4n) is 1.05. The van der Waals surface area contributed by atoms with Gasteiger partial charge in [0.25, 0.3) is 0 Å². The molecule has 0 saturated carbocycles. The van der Waals surface area contributed by atoms with E-state index in [1.807, 2.05) is 31.3 Å². The zero-order valence-electron chi connectivity index (χ0n) is 10.3. The first kappa shape index (κ1) is 11.9. The summed E-state index contributed by atoms with van der Waals surface area (Å²) < 4.78 is 0.